The second-order valence-electron chi connectivity index (χ2n) is 5.13. The van der Waals surface area contributed by atoms with Crippen LogP contribution in [0, 0.1) is 0 Å². The van der Waals surface area contributed by atoms with Crippen molar-refractivity contribution < 1.29 is 9.53 Å². The Balaban J connectivity index is 1.92. The molecule has 18 heavy (non-hydrogen) atoms. The van der Waals surface area contributed by atoms with Crippen LogP contribution in [0.25, 0.3) is 0 Å². The maximum atomic E-state index is 11.7. The first-order valence-corrected chi connectivity index (χ1v) is 7.29. The normalized spacial score (nSPS) is 19.4. The van der Waals surface area contributed by atoms with Crippen molar-refractivity contribution in [3.05, 3.63) is 10.4 Å². The van der Waals surface area contributed by atoms with E-state index in [9.17, 15) is 4.79 Å². The van der Waals surface area contributed by atoms with Crippen LogP contribution in [0.3, 0.4) is 0 Å². The number of ether oxygens (including phenoxy) is 1. The molecule has 0 amide bonds. The molecule has 1 aromatic rings. The maximum absolute atomic E-state index is 11.7. The molecule has 2 fully saturated rings. The van der Waals surface area contributed by atoms with Crippen molar-refractivity contribution >= 4 is 28.0 Å². The lowest BCUT2D eigenvalue weighted by molar-refractivity contribution is 0.0607. The second-order valence-corrected chi connectivity index (χ2v) is 6.15. The van der Waals surface area contributed by atoms with Crippen molar-refractivity contribution in [2.45, 2.75) is 44.1 Å². The summed E-state index contributed by atoms with van der Waals surface area (Å²) in [5.74, 6) is 0.225. The standard InChI is InChI=1S/C13H18N2O2S/c1-17-13(16)11-10(14)9(7-5-6-7)12(18-11)15-8-3-2-4-8/h7-8,15H,2-6,14H2,1H3. The van der Waals surface area contributed by atoms with Crippen LogP contribution < -0.4 is 11.1 Å². The Morgan fingerprint density at radius 3 is 2.61 bits per heavy atom. The minimum atomic E-state index is -0.318. The highest BCUT2D eigenvalue weighted by Gasteiger charge is 2.34. The number of nitrogens with two attached hydrogens (primary N) is 1. The summed E-state index contributed by atoms with van der Waals surface area (Å²) < 4.78 is 4.79. The Morgan fingerprint density at radius 1 is 1.39 bits per heavy atom. The molecule has 3 N–H and O–H groups in total. The second kappa shape index (κ2) is 4.46. The minimum Gasteiger partial charge on any atom is -0.465 e. The highest BCUT2D eigenvalue weighted by molar-refractivity contribution is 7.18. The number of anilines is 2. The number of rotatable bonds is 4. The summed E-state index contributed by atoms with van der Waals surface area (Å²) in [7, 11) is 1.40. The quantitative estimate of drug-likeness (QED) is 0.822. The van der Waals surface area contributed by atoms with Gasteiger partial charge in [0.1, 0.15) is 4.88 Å². The molecule has 0 bridgehead atoms. The van der Waals surface area contributed by atoms with Gasteiger partial charge in [0.2, 0.25) is 0 Å². The molecule has 4 nitrogen and oxygen atoms in total. The van der Waals surface area contributed by atoms with Crippen LogP contribution in [0.1, 0.15) is 53.3 Å². The van der Waals surface area contributed by atoms with Gasteiger partial charge in [-0.05, 0) is 38.0 Å². The first-order chi connectivity index (χ1) is 8.70. The lowest BCUT2D eigenvalue weighted by atomic mass is 9.93. The van der Waals surface area contributed by atoms with Crippen molar-refractivity contribution in [3.8, 4) is 0 Å². The fourth-order valence-electron chi connectivity index (χ4n) is 2.32. The molecule has 2 saturated carbocycles. The molecule has 1 heterocycles. The predicted molar refractivity (Wildman–Crippen MR) is 73.3 cm³/mol. The van der Waals surface area contributed by atoms with Gasteiger partial charge in [-0.3, -0.25) is 0 Å². The topological polar surface area (TPSA) is 64.3 Å². The third kappa shape index (κ3) is 1.96. The number of methoxy groups -OCH3 is 1. The smallest absolute Gasteiger partial charge is 0.350 e. The summed E-state index contributed by atoms with van der Waals surface area (Å²) in [6.45, 7) is 0. The Morgan fingerprint density at radius 2 is 2.11 bits per heavy atom. The first-order valence-electron chi connectivity index (χ1n) is 6.47. The number of nitrogens with one attached hydrogen (secondary N) is 1. The molecule has 2 aliphatic carbocycles. The van der Waals surface area contributed by atoms with Gasteiger partial charge in [0.05, 0.1) is 17.8 Å². The highest BCUT2D eigenvalue weighted by atomic mass is 32.1. The van der Waals surface area contributed by atoms with Crippen LogP contribution in [0.2, 0.25) is 0 Å². The van der Waals surface area contributed by atoms with Crippen LogP contribution in [-0.4, -0.2) is 19.1 Å². The van der Waals surface area contributed by atoms with E-state index in [-0.39, 0.29) is 5.97 Å². The van der Waals surface area contributed by atoms with Crippen molar-refractivity contribution in [2.75, 3.05) is 18.2 Å². The zero-order valence-electron chi connectivity index (χ0n) is 10.5. The summed E-state index contributed by atoms with van der Waals surface area (Å²) in [5.41, 5.74) is 7.92. The minimum absolute atomic E-state index is 0.318. The zero-order valence-corrected chi connectivity index (χ0v) is 11.3. The molecule has 0 spiro atoms. The maximum Gasteiger partial charge on any atom is 0.350 e. The highest BCUT2D eigenvalue weighted by Crippen LogP contribution is 2.51. The van der Waals surface area contributed by atoms with Crippen LogP contribution in [-0.2, 0) is 4.74 Å². The van der Waals surface area contributed by atoms with Gasteiger partial charge in [-0.25, -0.2) is 4.79 Å². The molecule has 0 aromatic carbocycles. The first kappa shape index (κ1) is 11.8. The van der Waals surface area contributed by atoms with Crippen molar-refractivity contribution in [2.24, 2.45) is 0 Å². The largest absolute Gasteiger partial charge is 0.465 e. The molecule has 0 atom stereocenters. The third-order valence-electron chi connectivity index (χ3n) is 3.78. The number of nitrogen functional groups attached to an aromatic ring is 1. The lowest BCUT2D eigenvalue weighted by Crippen LogP contribution is -2.26. The van der Waals surface area contributed by atoms with E-state index in [1.54, 1.807) is 0 Å². The summed E-state index contributed by atoms with van der Waals surface area (Å²) >= 11 is 1.45. The summed E-state index contributed by atoms with van der Waals surface area (Å²) in [6.07, 6.45) is 6.09. The van der Waals surface area contributed by atoms with E-state index in [2.05, 4.69) is 5.32 Å². The fourth-order valence-corrected chi connectivity index (χ4v) is 3.53. The molecule has 0 radical (unpaired) electrons. The molecule has 2 aliphatic rings. The lowest BCUT2D eigenvalue weighted by Gasteiger charge is -2.27. The van der Waals surface area contributed by atoms with Gasteiger partial charge < -0.3 is 15.8 Å². The molecule has 98 valence electrons. The molecule has 0 unspecified atom stereocenters. The summed E-state index contributed by atoms with van der Waals surface area (Å²) in [5, 5.41) is 4.64. The number of hydrogen-bond donors (Lipinski definition) is 2. The average Bonchev–Trinajstić information content (AvgIpc) is 3.08. The molecular formula is C13H18N2O2S. The van der Waals surface area contributed by atoms with Gasteiger partial charge in [-0.15, -0.1) is 11.3 Å². The molecule has 0 aliphatic heterocycles. The van der Waals surface area contributed by atoms with Gasteiger partial charge in [-0.1, -0.05) is 0 Å². The van der Waals surface area contributed by atoms with Crippen LogP contribution in [0.5, 0.6) is 0 Å². The molecular weight excluding hydrogens is 248 g/mol. The van der Waals surface area contributed by atoms with E-state index in [0.717, 1.165) is 10.6 Å². The Bertz CT molecular complexity index is 476. The van der Waals surface area contributed by atoms with Crippen molar-refractivity contribution in [1.82, 2.24) is 0 Å². The molecule has 1 aromatic heterocycles. The Hall–Kier alpha value is -1.23. The van der Waals surface area contributed by atoms with Crippen molar-refractivity contribution in [1.29, 1.82) is 0 Å². The van der Waals surface area contributed by atoms with Gasteiger partial charge in [0.25, 0.3) is 0 Å². The molecule has 5 heteroatoms. The van der Waals surface area contributed by atoms with E-state index >= 15 is 0 Å². The van der Waals surface area contributed by atoms with Crippen LogP contribution in [0.15, 0.2) is 0 Å². The van der Waals surface area contributed by atoms with E-state index in [4.69, 9.17) is 10.5 Å². The van der Waals surface area contributed by atoms with Crippen molar-refractivity contribution in [3.63, 3.8) is 0 Å². The number of hydrogen-bond acceptors (Lipinski definition) is 5. The van der Waals surface area contributed by atoms with E-state index in [1.807, 2.05) is 0 Å². The molecule has 0 saturated heterocycles. The Kier molecular flexibility index (Phi) is 2.93. The summed E-state index contributed by atoms with van der Waals surface area (Å²) in [6, 6.07) is 0.561. The van der Waals surface area contributed by atoms with E-state index in [0.29, 0.717) is 22.5 Å². The SMILES string of the molecule is COC(=O)c1sc(NC2CCC2)c(C2CC2)c1N. The monoisotopic (exact) mass is 266 g/mol. The zero-order chi connectivity index (χ0) is 12.7. The number of esters is 1. The summed E-state index contributed by atoms with van der Waals surface area (Å²) in [4.78, 5) is 12.2. The average molecular weight is 266 g/mol. The van der Waals surface area contributed by atoms with Gasteiger partial charge >= 0.3 is 5.97 Å². The number of carbonyl (C=O) groups excluding carboxylic acids is 1. The number of carbonyl (C=O) groups is 1. The van der Waals surface area contributed by atoms with E-state index in [1.165, 1.54) is 50.6 Å². The fraction of sp³-hybridized carbons (Fsp3) is 0.615. The predicted octanol–water partition coefficient (Wildman–Crippen LogP) is 2.96. The van der Waals surface area contributed by atoms with E-state index < -0.39 is 0 Å². The van der Waals surface area contributed by atoms with Gasteiger partial charge in [0, 0.05) is 11.6 Å². The third-order valence-corrected chi connectivity index (χ3v) is 4.91. The van der Waals surface area contributed by atoms with Crippen LogP contribution >= 0.6 is 11.3 Å². The van der Waals surface area contributed by atoms with Gasteiger partial charge in [-0.2, -0.15) is 0 Å². The Labute approximate surface area is 111 Å². The van der Waals surface area contributed by atoms with Crippen LogP contribution in [0.4, 0.5) is 10.7 Å². The van der Waals surface area contributed by atoms with Gasteiger partial charge in [0.15, 0.2) is 0 Å². The number of thiophene rings is 1. The molecule has 3 rings (SSSR count).